The van der Waals surface area contributed by atoms with Crippen LogP contribution >= 0.6 is 11.3 Å². The molecule has 0 spiro atoms. The summed E-state index contributed by atoms with van der Waals surface area (Å²) in [6.45, 7) is 0. The standard InChI is InChI=1S/C15H12F3N3O2S/c16-15(17,18)12-5-4-9(7-19-12)13(22)20-21-14(23)11-6-8-2-1-3-10(8)24-11/h4-7H,1-3H2,(H,20,22)(H,21,23). The monoisotopic (exact) mass is 355 g/mol. The van der Waals surface area contributed by atoms with E-state index in [1.54, 1.807) is 6.07 Å². The second-order valence-corrected chi connectivity index (χ2v) is 6.39. The number of pyridine rings is 1. The topological polar surface area (TPSA) is 71.1 Å². The average molecular weight is 355 g/mol. The second-order valence-electron chi connectivity index (χ2n) is 5.25. The van der Waals surface area contributed by atoms with Crippen LogP contribution in [0.25, 0.3) is 0 Å². The number of hydrazine groups is 1. The smallest absolute Gasteiger partial charge is 0.267 e. The van der Waals surface area contributed by atoms with Crippen molar-refractivity contribution in [2.75, 3.05) is 0 Å². The maximum atomic E-state index is 12.4. The molecule has 0 saturated carbocycles. The lowest BCUT2D eigenvalue weighted by Gasteiger charge is -2.08. The van der Waals surface area contributed by atoms with Crippen LogP contribution in [0.1, 0.15) is 42.6 Å². The first-order chi connectivity index (χ1) is 11.3. The van der Waals surface area contributed by atoms with Crippen molar-refractivity contribution in [2.24, 2.45) is 0 Å². The molecule has 5 nitrogen and oxygen atoms in total. The van der Waals surface area contributed by atoms with Gasteiger partial charge in [-0.2, -0.15) is 13.2 Å². The van der Waals surface area contributed by atoms with Crippen molar-refractivity contribution in [3.8, 4) is 0 Å². The van der Waals surface area contributed by atoms with Crippen molar-refractivity contribution in [1.82, 2.24) is 15.8 Å². The zero-order chi connectivity index (χ0) is 17.3. The molecule has 1 aliphatic rings. The van der Waals surface area contributed by atoms with Crippen LogP contribution in [-0.2, 0) is 19.0 Å². The van der Waals surface area contributed by atoms with Crippen LogP contribution < -0.4 is 10.9 Å². The Morgan fingerprint density at radius 1 is 1.12 bits per heavy atom. The summed E-state index contributed by atoms with van der Waals surface area (Å²) in [4.78, 5) is 28.7. The molecular weight excluding hydrogens is 343 g/mol. The first kappa shape index (κ1) is 16.4. The number of alkyl halides is 3. The Hall–Kier alpha value is -2.42. The lowest BCUT2D eigenvalue weighted by Crippen LogP contribution is -2.41. The number of fused-ring (bicyclic) bond motifs is 1. The summed E-state index contributed by atoms with van der Waals surface area (Å²) in [5, 5.41) is 0. The summed E-state index contributed by atoms with van der Waals surface area (Å²) < 4.78 is 37.2. The molecular formula is C15H12F3N3O2S. The summed E-state index contributed by atoms with van der Waals surface area (Å²) >= 11 is 1.38. The lowest BCUT2D eigenvalue weighted by molar-refractivity contribution is -0.141. The van der Waals surface area contributed by atoms with Gasteiger partial charge >= 0.3 is 6.18 Å². The minimum absolute atomic E-state index is 0.0861. The Balaban J connectivity index is 1.59. The molecule has 126 valence electrons. The molecule has 24 heavy (non-hydrogen) atoms. The molecule has 1 aliphatic carbocycles. The number of carbonyl (C=O) groups excluding carboxylic acids is 2. The number of nitrogens with zero attached hydrogens (tertiary/aromatic N) is 1. The van der Waals surface area contributed by atoms with E-state index in [1.807, 2.05) is 0 Å². The fourth-order valence-electron chi connectivity index (χ4n) is 2.38. The van der Waals surface area contributed by atoms with Gasteiger partial charge in [0.15, 0.2) is 0 Å². The van der Waals surface area contributed by atoms with Gasteiger partial charge in [-0.25, -0.2) is 0 Å². The Morgan fingerprint density at radius 3 is 2.50 bits per heavy atom. The Bertz CT molecular complexity index is 763. The molecule has 2 N–H and O–H groups in total. The van der Waals surface area contributed by atoms with Gasteiger partial charge in [0.05, 0.1) is 10.4 Å². The van der Waals surface area contributed by atoms with E-state index in [1.165, 1.54) is 16.2 Å². The van der Waals surface area contributed by atoms with Crippen molar-refractivity contribution >= 4 is 23.2 Å². The van der Waals surface area contributed by atoms with Gasteiger partial charge in [-0.3, -0.25) is 25.4 Å². The Kier molecular flexibility index (Phi) is 4.27. The van der Waals surface area contributed by atoms with Crippen LogP contribution in [0.2, 0.25) is 0 Å². The maximum Gasteiger partial charge on any atom is 0.433 e. The van der Waals surface area contributed by atoms with Gasteiger partial charge in [-0.05, 0) is 43.0 Å². The molecule has 0 saturated heterocycles. The second kappa shape index (κ2) is 6.23. The molecule has 9 heteroatoms. The van der Waals surface area contributed by atoms with Gasteiger partial charge in [0.25, 0.3) is 11.8 Å². The van der Waals surface area contributed by atoms with E-state index in [0.717, 1.165) is 37.1 Å². The van der Waals surface area contributed by atoms with Gasteiger partial charge in [-0.1, -0.05) is 0 Å². The summed E-state index contributed by atoms with van der Waals surface area (Å²) in [5.41, 5.74) is 4.40. The number of aromatic nitrogens is 1. The zero-order valence-corrected chi connectivity index (χ0v) is 13.1. The number of halogens is 3. The number of nitrogens with one attached hydrogen (secondary N) is 2. The number of rotatable bonds is 2. The Morgan fingerprint density at radius 2 is 1.88 bits per heavy atom. The van der Waals surface area contributed by atoms with Crippen molar-refractivity contribution in [1.29, 1.82) is 0 Å². The van der Waals surface area contributed by atoms with Crippen molar-refractivity contribution in [2.45, 2.75) is 25.4 Å². The SMILES string of the molecule is O=C(NNC(=O)c1cc2c(s1)CCC2)c1ccc(C(F)(F)F)nc1. The van der Waals surface area contributed by atoms with Crippen molar-refractivity contribution in [3.05, 3.63) is 51.0 Å². The third kappa shape index (κ3) is 3.40. The number of carbonyl (C=O) groups is 2. The van der Waals surface area contributed by atoms with Crippen molar-refractivity contribution in [3.63, 3.8) is 0 Å². The molecule has 2 amide bonds. The van der Waals surface area contributed by atoms with Gasteiger partial charge in [0, 0.05) is 11.1 Å². The molecule has 2 aromatic rings. The summed E-state index contributed by atoms with van der Waals surface area (Å²) in [6, 6.07) is 3.51. The zero-order valence-electron chi connectivity index (χ0n) is 12.2. The summed E-state index contributed by atoms with van der Waals surface area (Å²) in [7, 11) is 0. The van der Waals surface area contributed by atoms with Crippen LogP contribution in [-0.4, -0.2) is 16.8 Å². The predicted molar refractivity (Wildman–Crippen MR) is 80.5 cm³/mol. The van der Waals surface area contributed by atoms with Crippen LogP contribution in [0.5, 0.6) is 0 Å². The van der Waals surface area contributed by atoms with E-state index in [0.29, 0.717) is 10.9 Å². The first-order valence-electron chi connectivity index (χ1n) is 7.10. The normalized spacial score (nSPS) is 13.5. The molecule has 0 fully saturated rings. The highest BCUT2D eigenvalue weighted by Crippen LogP contribution is 2.30. The molecule has 0 aliphatic heterocycles. The minimum Gasteiger partial charge on any atom is -0.267 e. The van der Waals surface area contributed by atoms with Crippen molar-refractivity contribution < 1.29 is 22.8 Å². The average Bonchev–Trinajstić information content (AvgIpc) is 3.13. The largest absolute Gasteiger partial charge is 0.433 e. The van der Waals surface area contributed by atoms with Gasteiger partial charge in [-0.15, -0.1) is 11.3 Å². The molecule has 0 unspecified atom stereocenters. The fourth-order valence-corrected chi connectivity index (χ4v) is 3.53. The molecule has 0 atom stereocenters. The number of hydrogen-bond donors (Lipinski definition) is 2. The summed E-state index contributed by atoms with van der Waals surface area (Å²) in [5.74, 6) is -1.20. The first-order valence-corrected chi connectivity index (χ1v) is 7.92. The highest BCUT2D eigenvalue weighted by Gasteiger charge is 2.32. The molecule has 2 heterocycles. The van der Waals surface area contributed by atoms with Gasteiger partial charge in [0.1, 0.15) is 5.69 Å². The molecule has 0 radical (unpaired) electrons. The third-order valence-corrected chi connectivity index (χ3v) is 4.81. The molecule has 0 bridgehead atoms. The van der Waals surface area contributed by atoms with Crippen LogP contribution in [0.3, 0.4) is 0 Å². The number of thiophene rings is 1. The highest BCUT2D eigenvalue weighted by atomic mass is 32.1. The Labute approximate surface area is 138 Å². The van der Waals surface area contributed by atoms with Gasteiger partial charge in [0.2, 0.25) is 0 Å². The van der Waals surface area contributed by atoms with E-state index in [4.69, 9.17) is 0 Å². The van der Waals surface area contributed by atoms with E-state index in [-0.39, 0.29) is 5.56 Å². The third-order valence-electron chi connectivity index (χ3n) is 3.58. The van der Waals surface area contributed by atoms with E-state index < -0.39 is 23.7 Å². The van der Waals surface area contributed by atoms with E-state index in [9.17, 15) is 22.8 Å². The molecule has 3 rings (SSSR count). The number of aryl methyl sites for hydroxylation is 2. The summed E-state index contributed by atoms with van der Waals surface area (Å²) in [6.07, 6.45) is -0.771. The molecule has 0 aromatic carbocycles. The van der Waals surface area contributed by atoms with E-state index in [2.05, 4.69) is 15.8 Å². The number of hydrogen-bond acceptors (Lipinski definition) is 4. The van der Waals surface area contributed by atoms with Crippen LogP contribution in [0.15, 0.2) is 24.4 Å². The predicted octanol–water partition coefficient (Wildman–Crippen LogP) is 2.73. The highest BCUT2D eigenvalue weighted by molar-refractivity contribution is 7.14. The quantitative estimate of drug-likeness (QED) is 0.814. The minimum atomic E-state index is -4.57. The fraction of sp³-hybridized carbons (Fsp3) is 0.267. The maximum absolute atomic E-state index is 12.4. The van der Waals surface area contributed by atoms with Gasteiger partial charge < -0.3 is 0 Å². The van der Waals surface area contributed by atoms with Crippen LogP contribution in [0, 0.1) is 0 Å². The molecule has 2 aromatic heterocycles. The lowest BCUT2D eigenvalue weighted by atomic mass is 10.2. The number of amides is 2. The van der Waals surface area contributed by atoms with Crippen LogP contribution in [0.4, 0.5) is 13.2 Å². The van der Waals surface area contributed by atoms with E-state index >= 15 is 0 Å².